The van der Waals surface area contributed by atoms with E-state index in [0.717, 1.165) is 31.7 Å². The van der Waals surface area contributed by atoms with E-state index in [-0.39, 0.29) is 5.91 Å². The quantitative estimate of drug-likeness (QED) is 0.822. The molecular formula is C15H21N3O. The van der Waals surface area contributed by atoms with Crippen LogP contribution in [0, 0.1) is 0 Å². The van der Waals surface area contributed by atoms with E-state index >= 15 is 0 Å². The molecule has 4 heteroatoms. The first kappa shape index (κ1) is 12.6. The molecule has 1 N–H and O–H groups in total. The number of carbonyl (C=O) groups is 1. The van der Waals surface area contributed by atoms with Crippen molar-refractivity contribution >= 4 is 11.6 Å². The number of likely N-dealkylation sites (N-methyl/N-ethyl adjacent to an activating group) is 1. The Bertz CT molecular complexity index is 500. The number of benzene rings is 1. The molecule has 0 aromatic heterocycles. The van der Waals surface area contributed by atoms with Crippen LogP contribution in [0.4, 0.5) is 5.69 Å². The number of hydrogen-bond donors (Lipinski definition) is 1. The number of anilines is 1. The SMILES string of the molecule is CN1C(=O)CCc2cc(C3CNCCN3C)ccc21. The second kappa shape index (κ2) is 4.94. The molecule has 0 spiro atoms. The van der Waals surface area contributed by atoms with Crippen molar-refractivity contribution in [1.29, 1.82) is 0 Å². The van der Waals surface area contributed by atoms with Crippen LogP contribution in [-0.2, 0) is 11.2 Å². The van der Waals surface area contributed by atoms with Gasteiger partial charge in [0.05, 0.1) is 0 Å². The van der Waals surface area contributed by atoms with Crippen molar-refractivity contribution in [1.82, 2.24) is 10.2 Å². The Kier molecular flexibility index (Phi) is 3.29. The average molecular weight is 259 g/mol. The smallest absolute Gasteiger partial charge is 0.227 e. The predicted molar refractivity (Wildman–Crippen MR) is 76.4 cm³/mol. The molecule has 4 nitrogen and oxygen atoms in total. The van der Waals surface area contributed by atoms with E-state index in [1.807, 2.05) is 7.05 Å². The second-order valence-electron chi connectivity index (χ2n) is 5.54. The van der Waals surface area contributed by atoms with Crippen LogP contribution < -0.4 is 10.2 Å². The minimum Gasteiger partial charge on any atom is -0.315 e. The highest BCUT2D eigenvalue weighted by Gasteiger charge is 2.24. The maximum Gasteiger partial charge on any atom is 0.227 e. The Morgan fingerprint density at radius 1 is 1.26 bits per heavy atom. The number of nitrogens with zero attached hydrogens (tertiary/aromatic N) is 2. The van der Waals surface area contributed by atoms with Crippen molar-refractivity contribution in [2.45, 2.75) is 18.9 Å². The van der Waals surface area contributed by atoms with Gasteiger partial charge in [0.15, 0.2) is 0 Å². The fourth-order valence-corrected chi connectivity index (χ4v) is 3.06. The van der Waals surface area contributed by atoms with Gasteiger partial charge >= 0.3 is 0 Å². The van der Waals surface area contributed by atoms with Crippen LogP contribution in [0.1, 0.15) is 23.6 Å². The number of carbonyl (C=O) groups excluding carboxylic acids is 1. The molecule has 2 aliphatic heterocycles. The third-order valence-electron chi connectivity index (χ3n) is 4.34. The summed E-state index contributed by atoms with van der Waals surface area (Å²) in [6.45, 7) is 3.15. The van der Waals surface area contributed by atoms with Gasteiger partial charge in [-0.2, -0.15) is 0 Å². The van der Waals surface area contributed by atoms with Crippen molar-refractivity contribution in [3.63, 3.8) is 0 Å². The number of amides is 1. The zero-order valence-electron chi connectivity index (χ0n) is 11.6. The molecule has 19 heavy (non-hydrogen) atoms. The molecule has 102 valence electrons. The van der Waals surface area contributed by atoms with Crippen LogP contribution in [0.5, 0.6) is 0 Å². The summed E-state index contributed by atoms with van der Waals surface area (Å²) < 4.78 is 0. The highest BCUT2D eigenvalue weighted by molar-refractivity contribution is 5.95. The van der Waals surface area contributed by atoms with Crippen molar-refractivity contribution in [3.05, 3.63) is 29.3 Å². The molecule has 2 heterocycles. The van der Waals surface area contributed by atoms with Crippen molar-refractivity contribution in [3.8, 4) is 0 Å². The summed E-state index contributed by atoms with van der Waals surface area (Å²) in [5, 5.41) is 3.45. The van der Waals surface area contributed by atoms with Crippen LogP contribution in [0.25, 0.3) is 0 Å². The fraction of sp³-hybridized carbons (Fsp3) is 0.533. The van der Waals surface area contributed by atoms with Gasteiger partial charge in [-0.15, -0.1) is 0 Å². The molecule has 2 aliphatic rings. The molecule has 0 aliphatic carbocycles. The van der Waals surface area contributed by atoms with Gasteiger partial charge in [0.2, 0.25) is 5.91 Å². The van der Waals surface area contributed by atoms with Gasteiger partial charge in [0.1, 0.15) is 0 Å². The highest BCUT2D eigenvalue weighted by atomic mass is 16.2. The summed E-state index contributed by atoms with van der Waals surface area (Å²) in [7, 11) is 4.05. The molecule has 0 radical (unpaired) electrons. The molecule has 1 saturated heterocycles. The number of hydrogen-bond acceptors (Lipinski definition) is 3. The summed E-state index contributed by atoms with van der Waals surface area (Å²) in [6, 6.07) is 7.00. The average Bonchev–Trinajstić information content (AvgIpc) is 2.43. The molecule has 0 saturated carbocycles. The van der Waals surface area contributed by atoms with E-state index in [1.165, 1.54) is 11.1 Å². The zero-order chi connectivity index (χ0) is 13.4. The monoisotopic (exact) mass is 259 g/mol. The van der Waals surface area contributed by atoms with Gasteiger partial charge in [-0.3, -0.25) is 9.69 Å². The van der Waals surface area contributed by atoms with Gasteiger partial charge in [-0.25, -0.2) is 0 Å². The maximum absolute atomic E-state index is 11.7. The lowest BCUT2D eigenvalue weighted by Crippen LogP contribution is -2.43. The van der Waals surface area contributed by atoms with E-state index in [9.17, 15) is 4.79 Å². The summed E-state index contributed by atoms with van der Waals surface area (Å²) >= 11 is 0. The maximum atomic E-state index is 11.7. The summed E-state index contributed by atoms with van der Waals surface area (Å²) in [4.78, 5) is 15.9. The van der Waals surface area contributed by atoms with Crippen molar-refractivity contribution < 1.29 is 4.79 Å². The van der Waals surface area contributed by atoms with Crippen LogP contribution in [0.2, 0.25) is 0 Å². The third-order valence-corrected chi connectivity index (χ3v) is 4.34. The van der Waals surface area contributed by atoms with Gasteiger partial charge in [-0.05, 0) is 30.7 Å². The largest absolute Gasteiger partial charge is 0.315 e. The Morgan fingerprint density at radius 2 is 2.11 bits per heavy atom. The Labute approximate surface area is 114 Å². The van der Waals surface area contributed by atoms with E-state index < -0.39 is 0 Å². The van der Waals surface area contributed by atoms with Crippen LogP contribution in [0.3, 0.4) is 0 Å². The standard InChI is InChI=1S/C15H21N3O/c1-17-8-7-16-10-14(17)12-3-5-13-11(9-12)4-6-15(19)18(13)2/h3,5,9,14,16H,4,6-8,10H2,1-2H3. The first-order valence-electron chi connectivity index (χ1n) is 6.97. The minimum absolute atomic E-state index is 0.219. The summed E-state index contributed by atoms with van der Waals surface area (Å²) in [6.07, 6.45) is 1.50. The first-order valence-corrected chi connectivity index (χ1v) is 6.97. The molecular weight excluding hydrogens is 238 g/mol. The van der Waals surface area contributed by atoms with E-state index in [0.29, 0.717) is 12.5 Å². The van der Waals surface area contributed by atoms with Gasteiger partial charge < -0.3 is 10.2 Å². The lowest BCUT2D eigenvalue weighted by molar-refractivity contribution is -0.118. The molecule has 1 aromatic rings. The number of aryl methyl sites for hydroxylation is 1. The van der Waals surface area contributed by atoms with Crippen LogP contribution >= 0.6 is 0 Å². The third kappa shape index (κ3) is 2.26. The lowest BCUT2D eigenvalue weighted by atomic mass is 9.95. The Morgan fingerprint density at radius 3 is 2.89 bits per heavy atom. The first-order chi connectivity index (χ1) is 9.16. The number of nitrogens with one attached hydrogen (secondary N) is 1. The van der Waals surface area contributed by atoms with Gasteiger partial charge in [0, 0.05) is 44.8 Å². The number of piperazine rings is 1. The summed E-state index contributed by atoms with van der Waals surface area (Å²) in [5.74, 6) is 0.219. The topological polar surface area (TPSA) is 35.6 Å². The van der Waals surface area contributed by atoms with Crippen molar-refractivity contribution in [2.75, 3.05) is 38.6 Å². The normalized spacial score (nSPS) is 24.4. The van der Waals surface area contributed by atoms with E-state index in [2.05, 4.69) is 35.5 Å². The molecule has 0 bridgehead atoms. The Hall–Kier alpha value is -1.39. The molecule has 3 rings (SSSR count). The summed E-state index contributed by atoms with van der Waals surface area (Å²) in [5.41, 5.74) is 3.74. The second-order valence-corrected chi connectivity index (χ2v) is 5.54. The van der Waals surface area contributed by atoms with E-state index in [4.69, 9.17) is 0 Å². The predicted octanol–water partition coefficient (Wildman–Crippen LogP) is 1.17. The van der Waals surface area contributed by atoms with Gasteiger partial charge in [-0.1, -0.05) is 12.1 Å². The zero-order valence-corrected chi connectivity index (χ0v) is 11.6. The molecule has 1 fully saturated rings. The van der Waals surface area contributed by atoms with Crippen LogP contribution in [-0.4, -0.2) is 44.5 Å². The number of rotatable bonds is 1. The Balaban J connectivity index is 1.91. The minimum atomic E-state index is 0.219. The molecule has 1 unspecified atom stereocenters. The van der Waals surface area contributed by atoms with Gasteiger partial charge in [0.25, 0.3) is 0 Å². The lowest BCUT2D eigenvalue weighted by Gasteiger charge is -2.34. The van der Waals surface area contributed by atoms with Crippen molar-refractivity contribution in [2.24, 2.45) is 0 Å². The fourth-order valence-electron chi connectivity index (χ4n) is 3.06. The highest BCUT2D eigenvalue weighted by Crippen LogP contribution is 2.31. The van der Waals surface area contributed by atoms with E-state index in [1.54, 1.807) is 4.90 Å². The molecule has 1 atom stereocenters. The molecule has 1 aromatic carbocycles. The van der Waals surface area contributed by atoms with Crippen LogP contribution in [0.15, 0.2) is 18.2 Å². The molecule has 1 amide bonds. The number of fused-ring (bicyclic) bond motifs is 1.